The quantitative estimate of drug-likeness (QED) is 0.0495. The summed E-state index contributed by atoms with van der Waals surface area (Å²) in [6.07, 6.45) is 18.1. The molecule has 5 atom stereocenters. The van der Waals surface area contributed by atoms with Crippen molar-refractivity contribution in [1.82, 2.24) is 20.0 Å². The lowest BCUT2D eigenvalue weighted by molar-refractivity contribution is -0.138. The van der Waals surface area contributed by atoms with Gasteiger partial charge in [-0.3, -0.25) is 48.4 Å². The Kier molecular flexibility index (Phi) is 24.1. The number of rotatable bonds is 24. The van der Waals surface area contributed by atoms with Gasteiger partial charge in [0.05, 0.1) is 73.8 Å². The van der Waals surface area contributed by atoms with Gasteiger partial charge in [-0.1, -0.05) is 88.8 Å². The molecular formula is C68H85N7O11S. The highest BCUT2D eigenvalue weighted by Gasteiger charge is 2.38. The maximum absolute atomic E-state index is 13.1. The predicted octanol–water partition coefficient (Wildman–Crippen LogP) is 12.2. The number of aryl methyl sites for hydroxylation is 2. The fraction of sp³-hybridized carbons (Fsp3) is 0.456. The van der Waals surface area contributed by atoms with E-state index in [-0.39, 0.29) is 83.7 Å². The van der Waals surface area contributed by atoms with Crippen LogP contribution < -0.4 is 29.6 Å². The lowest BCUT2D eigenvalue weighted by Crippen LogP contribution is -2.45. The van der Waals surface area contributed by atoms with Gasteiger partial charge in [-0.15, -0.1) is 0 Å². The summed E-state index contributed by atoms with van der Waals surface area (Å²) in [5, 5.41) is 5.39. The fourth-order valence-corrected chi connectivity index (χ4v) is 11.4. The van der Waals surface area contributed by atoms with Gasteiger partial charge in [0.1, 0.15) is 11.5 Å². The molecule has 4 aromatic carbocycles. The van der Waals surface area contributed by atoms with Crippen molar-refractivity contribution in [2.45, 2.75) is 149 Å². The van der Waals surface area contributed by atoms with E-state index in [9.17, 15) is 33.6 Å². The second-order valence-electron chi connectivity index (χ2n) is 23.0. The molecule has 5 aliphatic heterocycles. The zero-order valence-corrected chi connectivity index (χ0v) is 53.1. The Hall–Kier alpha value is -8.06. The van der Waals surface area contributed by atoms with Gasteiger partial charge in [-0.2, -0.15) is 11.8 Å². The minimum Gasteiger partial charge on any atom is -0.497 e. The summed E-state index contributed by atoms with van der Waals surface area (Å²) >= 11 is 1.40. The first-order chi connectivity index (χ1) is 41.8. The summed E-state index contributed by atoms with van der Waals surface area (Å²) in [7, 11) is 4.87. The minimum atomic E-state index is -0.657. The Morgan fingerprint density at radius 2 is 1.33 bits per heavy atom. The van der Waals surface area contributed by atoms with Crippen molar-refractivity contribution in [1.29, 1.82) is 0 Å². The van der Waals surface area contributed by atoms with Crippen LogP contribution in [0.25, 0.3) is 5.57 Å². The van der Waals surface area contributed by atoms with Crippen LogP contribution in [0.3, 0.4) is 0 Å². The van der Waals surface area contributed by atoms with E-state index < -0.39 is 12.0 Å². The first-order valence-corrected chi connectivity index (χ1v) is 31.4. The number of hydrogen-bond acceptors (Lipinski definition) is 14. The lowest BCUT2D eigenvalue weighted by atomic mass is 9.92. The number of fused-ring (bicyclic) bond motifs is 4. The number of carbonyl (C=O) groups is 7. The summed E-state index contributed by atoms with van der Waals surface area (Å²) in [6.45, 7) is 14.6. The van der Waals surface area contributed by atoms with Crippen LogP contribution in [0.2, 0.25) is 0 Å². The number of methoxy groups -OCH3 is 3. The number of ether oxygens (including phenoxy) is 4. The molecule has 19 heteroatoms. The lowest BCUT2D eigenvalue weighted by Gasteiger charge is -2.23. The third kappa shape index (κ3) is 17.4. The average Bonchev–Trinajstić information content (AvgIpc) is 2.04. The number of ketones is 1. The summed E-state index contributed by atoms with van der Waals surface area (Å²) in [4.78, 5) is 102. The number of hydrogen-bond donors (Lipinski definition) is 2. The summed E-state index contributed by atoms with van der Waals surface area (Å²) in [5.41, 5.74) is 8.56. The molecule has 0 spiro atoms. The normalized spacial score (nSPS) is 17.9. The third-order valence-corrected chi connectivity index (χ3v) is 16.9. The highest BCUT2D eigenvalue weighted by Crippen LogP contribution is 2.40. The van der Waals surface area contributed by atoms with Crippen molar-refractivity contribution >= 4 is 88.1 Å². The van der Waals surface area contributed by atoms with E-state index in [1.807, 2.05) is 132 Å². The molecule has 0 aromatic heterocycles. The van der Waals surface area contributed by atoms with E-state index in [0.717, 1.165) is 59.4 Å². The van der Waals surface area contributed by atoms with Crippen LogP contribution in [0.1, 0.15) is 149 Å². The van der Waals surface area contributed by atoms with Gasteiger partial charge in [0.2, 0.25) is 23.6 Å². The number of unbranched alkanes of at least 4 members (excludes halogenated alkanes) is 5. The monoisotopic (exact) mass is 1210 g/mol. The number of Topliss-reactive ketones (excluding diaryl/α,β-unsaturated/α-hetero) is 1. The second kappa shape index (κ2) is 31.5. The number of amides is 6. The van der Waals surface area contributed by atoms with Crippen molar-refractivity contribution in [3.8, 4) is 23.0 Å². The van der Waals surface area contributed by atoms with E-state index in [1.165, 1.54) is 35.1 Å². The maximum Gasteiger partial charge on any atom is 0.260 e. The standard InChI is InChI=1S/C27H39N3O5S.C21H20N2O3.C20H26N2O3/c1-17(2)25(21(31)15-19(4)26(34)28-20-12-10-18(3)11-13-20)29-23(32)9-7-6-8-14-30-24(33)16-22(36-5)27(30)35;1-13-8-18-19(10-20(13)26-3)22-11-16-9-15(12-23(16)21(18)24)14-4-6-17(25-2)7-5-14;1-4-5-6-7-8-25-19-11-17-16(10-18(19)24-3)20(23)22-13-14(2)9-15(22)12-21-17/h10-13,17,19,22,25H,6-9,14-16H2,1-5H3,(H,28,34)(H,29,32);4-8,10-12,16H,9H2,1-3H3;10-13,15H,4-9H2,1-3H3/t19-,22?,25+;16-;15-/m100/s1. The Labute approximate surface area is 516 Å². The molecule has 1 fully saturated rings. The predicted molar refractivity (Wildman–Crippen MR) is 343 cm³/mol. The first-order valence-electron chi connectivity index (χ1n) is 30.1. The van der Waals surface area contributed by atoms with E-state index >= 15 is 0 Å². The number of carbonyl (C=O) groups excluding carboxylic acids is 7. The van der Waals surface area contributed by atoms with Crippen LogP contribution in [0.5, 0.6) is 23.0 Å². The van der Waals surface area contributed by atoms with Crippen molar-refractivity contribution < 1.29 is 52.5 Å². The molecule has 1 saturated heterocycles. The molecule has 9 rings (SSSR count). The highest BCUT2D eigenvalue weighted by molar-refractivity contribution is 8.00. The van der Waals surface area contributed by atoms with E-state index in [2.05, 4.69) is 27.5 Å². The molecule has 18 nitrogen and oxygen atoms in total. The van der Waals surface area contributed by atoms with Crippen molar-refractivity contribution in [3.05, 3.63) is 119 Å². The van der Waals surface area contributed by atoms with E-state index in [0.29, 0.717) is 72.1 Å². The number of imide groups is 1. The molecular weight excluding hydrogens is 1120 g/mol. The van der Waals surface area contributed by atoms with Crippen molar-refractivity contribution in [2.75, 3.05) is 46.1 Å². The molecule has 2 N–H and O–H groups in total. The van der Waals surface area contributed by atoms with Crippen LogP contribution in [-0.4, -0.2) is 132 Å². The molecule has 87 heavy (non-hydrogen) atoms. The van der Waals surface area contributed by atoms with Gasteiger partial charge >= 0.3 is 0 Å². The second-order valence-corrected chi connectivity index (χ2v) is 24.0. The van der Waals surface area contributed by atoms with Crippen molar-refractivity contribution in [2.24, 2.45) is 21.8 Å². The Morgan fingerprint density at radius 3 is 1.95 bits per heavy atom. The molecule has 464 valence electrons. The molecule has 1 unspecified atom stereocenters. The van der Waals surface area contributed by atoms with E-state index in [1.54, 1.807) is 44.1 Å². The number of nitrogens with one attached hydrogen (secondary N) is 2. The van der Waals surface area contributed by atoms with Crippen LogP contribution in [0.15, 0.2) is 101 Å². The highest BCUT2D eigenvalue weighted by atomic mass is 32.2. The van der Waals surface area contributed by atoms with Crippen LogP contribution in [0, 0.1) is 25.7 Å². The van der Waals surface area contributed by atoms with Gasteiger partial charge in [0, 0.05) is 80.8 Å². The Morgan fingerprint density at radius 1 is 0.701 bits per heavy atom. The van der Waals surface area contributed by atoms with Crippen molar-refractivity contribution in [3.63, 3.8) is 0 Å². The van der Waals surface area contributed by atoms with Gasteiger partial charge in [-0.25, -0.2) is 0 Å². The van der Waals surface area contributed by atoms with Gasteiger partial charge in [-0.05, 0) is 112 Å². The fourth-order valence-electron chi connectivity index (χ4n) is 10.8. The molecule has 0 aliphatic carbocycles. The van der Waals surface area contributed by atoms with Gasteiger partial charge in [0.15, 0.2) is 17.3 Å². The Balaban J connectivity index is 0.000000190. The molecule has 0 saturated carbocycles. The number of aliphatic imine (C=N–C) groups is 2. The number of thioether (sulfide) groups is 1. The number of nitrogens with zero attached hydrogens (tertiary/aromatic N) is 5. The number of anilines is 1. The third-order valence-electron chi connectivity index (χ3n) is 15.9. The summed E-state index contributed by atoms with van der Waals surface area (Å²) < 4.78 is 21.9. The molecule has 0 radical (unpaired) electrons. The zero-order valence-electron chi connectivity index (χ0n) is 52.2. The summed E-state index contributed by atoms with van der Waals surface area (Å²) in [5.74, 6) is 1.22. The SMILES string of the molecule is CCCCCCOc1cc2c(cc1OC)C(=O)N1C=C(C)C[C@H]1C=N2.COc1ccc(C2=CN3C(=O)c4cc(C)c(OC)cc4N=C[C@@H]3C2)cc1.CSC1CC(=O)N(CCCCCC(=O)N[C@H](C(=O)C[C@@H](C)C(=O)Nc2ccc(C)cc2)C(C)C)C1=O. The van der Waals surface area contributed by atoms with Crippen LogP contribution in [0.4, 0.5) is 17.1 Å². The summed E-state index contributed by atoms with van der Waals surface area (Å²) in [6, 6.07) is 21.9. The minimum absolute atomic E-state index is 0.00399. The van der Waals surface area contributed by atoms with E-state index in [4.69, 9.17) is 18.9 Å². The molecule has 4 aromatic rings. The molecule has 6 amide bonds. The topological polar surface area (TPSA) is 215 Å². The molecule has 0 bridgehead atoms. The largest absolute Gasteiger partial charge is 0.497 e. The van der Waals surface area contributed by atoms with Crippen LogP contribution in [-0.2, 0) is 24.0 Å². The van der Waals surface area contributed by atoms with Gasteiger partial charge in [0.25, 0.3) is 11.8 Å². The number of benzene rings is 4. The average molecular weight is 1210 g/mol. The number of likely N-dealkylation sites (tertiary alicyclic amines) is 1. The zero-order chi connectivity index (χ0) is 62.9. The molecule has 5 heterocycles. The first kappa shape index (κ1) is 66.5. The Bertz CT molecular complexity index is 3260. The smallest absolute Gasteiger partial charge is 0.260 e. The van der Waals surface area contributed by atoms with Crippen LogP contribution >= 0.6 is 11.8 Å². The molecule has 5 aliphatic rings. The van der Waals surface area contributed by atoms with Gasteiger partial charge < -0.3 is 39.4 Å². The maximum atomic E-state index is 13.1.